The summed E-state index contributed by atoms with van der Waals surface area (Å²) < 4.78 is 43.8. The summed E-state index contributed by atoms with van der Waals surface area (Å²) in [6.45, 7) is 4.18. The highest BCUT2D eigenvalue weighted by atomic mass is 19.4. The van der Waals surface area contributed by atoms with Gasteiger partial charge in [0.25, 0.3) is 0 Å². The number of benzene rings is 1. The Morgan fingerprint density at radius 3 is 2.65 bits per heavy atom. The zero-order valence-corrected chi connectivity index (χ0v) is 11.9. The number of hydrogen-bond donors (Lipinski definition) is 1. The van der Waals surface area contributed by atoms with Gasteiger partial charge in [0.15, 0.2) is 0 Å². The molecule has 3 unspecified atom stereocenters. The molecule has 112 valence electrons. The second-order valence-corrected chi connectivity index (χ2v) is 5.57. The largest absolute Gasteiger partial charge is 0.490 e. The molecule has 1 aliphatic rings. The Morgan fingerprint density at radius 2 is 2.10 bits per heavy atom. The van der Waals surface area contributed by atoms with Crippen LogP contribution in [-0.4, -0.2) is 19.2 Å². The predicted molar refractivity (Wildman–Crippen MR) is 71.7 cm³/mol. The van der Waals surface area contributed by atoms with Crippen molar-refractivity contribution in [2.45, 2.75) is 45.0 Å². The third-order valence-corrected chi connectivity index (χ3v) is 4.53. The number of rotatable bonds is 4. The highest BCUT2D eigenvalue weighted by Gasteiger charge is 2.51. The van der Waals surface area contributed by atoms with Crippen molar-refractivity contribution in [2.75, 3.05) is 7.05 Å². The first-order valence-corrected chi connectivity index (χ1v) is 6.82. The minimum Gasteiger partial charge on any atom is -0.490 e. The van der Waals surface area contributed by atoms with Crippen molar-refractivity contribution in [3.05, 3.63) is 29.8 Å². The van der Waals surface area contributed by atoms with Crippen molar-refractivity contribution in [1.82, 2.24) is 5.32 Å². The van der Waals surface area contributed by atoms with Crippen LogP contribution >= 0.6 is 0 Å². The normalized spacial score (nSPS) is 29.9. The monoisotopic (exact) mass is 287 g/mol. The highest BCUT2D eigenvalue weighted by Crippen LogP contribution is 2.46. The average Bonchev–Trinajstić information content (AvgIpc) is 2.41. The first-order valence-electron chi connectivity index (χ1n) is 6.82. The smallest absolute Gasteiger partial charge is 0.416 e. The Bertz CT molecular complexity index is 474. The summed E-state index contributed by atoms with van der Waals surface area (Å²) in [4.78, 5) is 0. The van der Waals surface area contributed by atoms with Gasteiger partial charge in [-0.05, 0) is 31.7 Å². The van der Waals surface area contributed by atoms with E-state index in [1.807, 2.05) is 7.05 Å². The van der Waals surface area contributed by atoms with Gasteiger partial charge in [-0.1, -0.05) is 19.9 Å². The first kappa shape index (κ1) is 15.2. The molecule has 0 amide bonds. The Hall–Kier alpha value is -1.23. The van der Waals surface area contributed by atoms with Crippen LogP contribution in [0.4, 0.5) is 13.2 Å². The summed E-state index contributed by atoms with van der Waals surface area (Å²) in [6, 6.07) is 5.45. The molecule has 1 N–H and O–H groups in total. The molecule has 0 bridgehead atoms. The fraction of sp³-hybridized carbons (Fsp3) is 0.600. The van der Waals surface area contributed by atoms with E-state index in [1.54, 1.807) is 6.07 Å². The van der Waals surface area contributed by atoms with Crippen molar-refractivity contribution >= 4 is 0 Å². The van der Waals surface area contributed by atoms with Crippen LogP contribution in [0.1, 0.15) is 32.3 Å². The van der Waals surface area contributed by atoms with Crippen LogP contribution in [0.2, 0.25) is 0 Å². The van der Waals surface area contributed by atoms with Crippen molar-refractivity contribution < 1.29 is 17.9 Å². The second kappa shape index (κ2) is 5.28. The molecular weight excluding hydrogens is 267 g/mol. The first-order chi connectivity index (χ1) is 9.31. The molecule has 3 atom stereocenters. The number of nitrogens with one attached hydrogen (secondary N) is 1. The van der Waals surface area contributed by atoms with Gasteiger partial charge < -0.3 is 10.1 Å². The van der Waals surface area contributed by atoms with Crippen molar-refractivity contribution in [3.63, 3.8) is 0 Å². The van der Waals surface area contributed by atoms with Crippen LogP contribution in [-0.2, 0) is 6.18 Å². The van der Waals surface area contributed by atoms with Gasteiger partial charge in [0.05, 0.1) is 5.56 Å². The second-order valence-electron chi connectivity index (χ2n) is 5.57. The van der Waals surface area contributed by atoms with Crippen molar-refractivity contribution in [3.8, 4) is 5.75 Å². The maximum Gasteiger partial charge on any atom is 0.416 e. The van der Waals surface area contributed by atoms with Gasteiger partial charge in [-0.25, -0.2) is 0 Å². The van der Waals surface area contributed by atoms with Crippen LogP contribution in [0.25, 0.3) is 0 Å². The van der Waals surface area contributed by atoms with Gasteiger partial charge in [-0.2, -0.15) is 13.2 Å². The average molecular weight is 287 g/mol. The van der Waals surface area contributed by atoms with E-state index in [0.717, 1.165) is 25.0 Å². The maximum absolute atomic E-state index is 12.7. The molecule has 1 saturated carbocycles. The van der Waals surface area contributed by atoms with Crippen molar-refractivity contribution in [1.29, 1.82) is 0 Å². The summed E-state index contributed by atoms with van der Waals surface area (Å²) in [6.07, 6.45) is -2.65. The summed E-state index contributed by atoms with van der Waals surface area (Å²) in [5, 5.41) is 3.23. The lowest BCUT2D eigenvalue weighted by molar-refractivity contribution is -0.137. The van der Waals surface area contributed by atoms with E-state index in [2.05, 4.69) is 19.2 Å². The molecule has 0 aromatic heterocycles. The molecule has 2 rings (SSSR count). The summed E-state index contributed by atoms with van der Waals surface area (Å²) in [5.41, 5.74) is -0.708. The van der Waals surface area contributed by atoms with E-state index in [9.17, 15) is 13.2 Å². The molecule has 0 aliphatic heterocycles. The summed E-state index contributed by atoms with van der Waals surface area (Å²) in [7, 11) is 1.90. The van der Waals surface area contributed by atoms with Gasteiger partial charge in [0.2, 0.25) is 0 Å². The third kappa shape index (κ3) is 2.64. The topological polar surface area (TPSA) is 21.3 Å². The molecule has 0 radical (unpaired) electrons. The minimum atomic E-state index is -4.33. The molecule has 0 spiro atoms. The zero-order chi connectivity index (χ0) is 15.0. The third-order valence-electron chi connectivity index (χ3n) is 4.53. The minimum absolute atomic E-state index is 0.0387. The maximum atomic E-state index is 12.7. The number of ether oxygens (including phenoxy) is 1. The molecule has 0 saturated heterocycles. The van der Waals surface area contributed by atoms with E-state index >= 15 is 0 Å². The molecular formula is C15H20F3NO. The molecule has 1 aromatic carbocycles. The molecule has 1 aromatic rings. The Labute approximate surface area is 117 Å². The predicted octanol–water partition coefficient (Wildman–Crippen LogP) is 3.86. The molecule has 5 heteroatoms. The fourth-order valence-electron chi connectivity index (χ4n) is 2.83. The summed E-state index contributed by atoms with van der Waals surface area (Å²) >= 11 is 0. The molecule has 2 nitrogen and oxygen atoms in total. The number of hydrogen-bond acceptors (Lipinski definition) is 2. The van der Waals surface area contributed by atoms with Gasteiger partial charge in [0.1, 0.15) is 11.9 Å². The SMILES string of the molecule is CCC1(C)C(NC)CC1Oc1cccc(C(F)(F)F)c1. The molecule has 1 aliphatic carbocycles. The quantitative estimate of drug-likeness (QED) is 0.908. The van der Waals surface area contributed by atoms with Crippen LogP contribution < -0.4 is 10.1 Å². The van der Waals surface area contributed by atoms with Crippen LogP contribution in [0.3, 0.4) is 0 Å². The highest BCUT2D eigenvalue weighted by molar-refractivity contribution is 5.31. The zero-order valence-electron chi connectivity index (χ0n) is 11.9. The van der Waals surface area contributed by atoms with E-state index in [4.69, 9.17) is 4.74 Å². The Morgan fingerprint density at radius 1 is 1.40 bits per heavy atom. The lowest BCUT2D eigenvalue weighted by Gasteiger charge is -2.53. The van der Waals surface area contributed by atoms with E-state index in [-0.39, 0.29) is 11.5 Å². The fourth-order valence-corrected chi connectivity index (χ4v) is 2.83. The molecule has 20 heavy (non-hydrogen) atoms. The lowest BCUT2D eigenvalue weighted by Crippen LogP contribution is -2.62. The molecule has 1 fully saturated rings. The number of halogens is 3. The van der Waals surface area contributed by atoms with Crippen LogP contribution in [0, 0.1) is 5.41 Å². The van der Waals surface area contributed by atoms with Gasteiger partial charge in [0, 0.05) is 17.9 Å². The molecule has 0 heterocycles. The summed E-state index contributed by atoms with van der Waals surface area (Å²) in [5.74, 6) is 0.291. The van der Waals surface area contributed by atoms with Crippen LogP contribution in [0.15, 0.2) is 24.3 Å². The van der Waals surface area contributed by atoms with Gasteiger partial charge in [-0.15, -0.1) is 0 Å². The van der Waals surface area contributed by atoms with E-state index in [1.165, 1.54) is 6.07 Å². The van der Waals surface area contributed by atoms with Gasteiger partial charge >= 0.3 is 6.18 Å². The van der Waals surface area contributed by atoms with E-state index < -0.39 is 11.7 Å². The Balaban J connectivity index is 2.12. The van der Waals surface area contributed by atoms with Crippen LogP contribution in [0.5, 0.6) is 5.75 Å². The Kier molecular flexibility index (Phi) is 4.00. The van der Waals surface area contributed by atoms with E-state index in [0.29, 0.717) is 11.8 Å². The van der Waals surface area contributed by atoms with Gasteiger partial charge in [-0.3, -0.25) is 0 Å². The number of alkyl halides is 3. The lowest BCUT2D eigenvalue weighted by atomic mass is 9.61. The van der Waals surface area contributed by atoms with Crippen molar-refractivity contribution in [2.24, 2.45) is 5.41 Å². The standard InChI is InChI=1S/C15H20F3NO/c1-4-14(2)12(19-3)9-13(14)20-11-7-5-6-10(8-11)15(16,17)18/h5-8,12-13,19H,4,9H2,1-3H3.